The van der Waals surface area contributed by atoms with Crippen LogP contribution in [0.5, 0.6) is 0 Å². The third kappa shape index (κ3) is 13.9. The standard InChI is InChI=1S/C18H37N/c1-5-7-8-9-10-11-12-13-14-15-16-18(3,4)19-17-6-2/h7-8,19H,5-6,9-17H2,1-4H3. The summed E-state index contributed by atoms with van der Waals surface area (Å²) in [6.45, 7) is 10.3. The fraction of sp³-hybridized carbons (Fsp3) is 0.889. The number of hydrogen-bond donors (Lipinski definition) is 1. The van der Waals surface area contributed by atoms with Gasteiger partial charge in [0.1, 0.15) is 0 Å². The Balaban J connectivity index is 3.28. The van der Waals surface area contributed by atoms with E-state index in [1.165, 1.54) is 64.2 Å². The zero-order valence-electron chi connectivity index (χ0n) is 13.9. The first kappa shape index (κ1) is 18.7. The Labute approximate surface area is 122 Å². The molecule has 0 spiro atoms. The second-order valence-corrected chi connectivity index (χ2v) is 6.35. The first-order valence-electron chi connectivity index (χ1n) is 8.52. The molecule has 0 aliphatic rings. The Bertz CT molecular complexity index is 206. The van der Waals surface area contributed by atoms with Gasteiger partial charge in [-0.05, 0) is 52.5 Å². The SMILES string of the molecule is CCC=CCCCCCCCCC(C)(C)NCCC. The van der Waals surface area contributed by atoms with Crippen molar-refractivity contribution >= 4 is 0 Å². The van der Waals surface area contributed by atoms with E-state index in [1.807, 2.05) is 0 Å². The molecule has 0 saturated carbocycles. The van der Waals surface area contributed by atoms with E-state index < -0.39 is 0 Å². The molecule has 0 aromatic heterocycles. The molecule has 0 fully saturated rings. The van der Waals surface area contributed by atoms with Gasteiger partial charge in [-0.3, -0.25) is 0 Å². The minimum atomic E-state index is 0.334. The Kier molecular flexibility index (Phi) is 12.5. The molecule has 0 aliphatic heterocycles. The van der Waals surface area contributed by atoms with Crippen LogP contribution in [0.2, 0.25) is 0 Å². The average molecular weight is 268 g/mol. The molecule has 19 heavy (non-hydrogen) atoms. The predicted molar refractivity (Wildman–Crippen MR) is 88.7 cm³/mol. The Morgan fingerprint density at radius 3 is 2.11 bits per heavy atom. The van der Waals surface area contributed by atoms with Crippen molar-refractivity contribution in [3.8, 4) is 0 Å². The fourth-order valence-corrected chi connectivity index (χ4v) is 2.37. The number of rotatable bonds is 13. The Hall–Kier alpha value is -0.300. The van der Waals surface area contributed by atoms with Crippen LogP contribution in [0.3, 0.4) is 0 Å². The smallest absolute Gasteiger partial charge is 0.0125 e. The van der Waals surface area contributed by atoms with Crippen LogP contribution in [0.1, 0.15) is 91.9 Å². The van der Waals surface area contributed by atoms with Crippen LogP contribution in [-0.2, 0) is 0 Å². The first-order valence-corrected chi connectivity index (χ1v) is 8.52. The lowest BCUT2D eigenvalue weighted by Gasteiger charge is -2.26. The first-order chi connectivity index (χ1) is 9.12. The molecule has 0 saturated heterocycles. The Morgan fingerprint density at radius 2 is 1.47 bits per heavy atom. The molecule has 1 heteroatoms. The maximum absolute atomic E-state index is 3.63. The second-order valence-electron chi connectivity index (χ2n) is 6.35. The van der Waals surface area contributed by atoms with E-state index in [0.29, 0.717) is 5.54 Å². The number of allylic oxidation sites excluding steroid dienone is 2. The third-order valence-corrected chi connectivity index (χ3v) is 3.68. The summed E-state index contributed by atoms with van der Waals surface area (Å²) in [5.74, 6) is 0. The van der Waals surface area contributed by atoms with Crippen molar-refractivity contribution < 1.29 is 0 Å². The van der Waals surface area contributed by atoms with Crippen LogP contribution >= 0.6 is 0 Å². The number of hydrogen-bond acceptors (Lipinski definition) is 1. The van der Waals surface area contributed by atoms with Gasteiger partial charge < -0.3 is 5.32 Å². The molecule has 1 nitrogen and oxygen atoms in total. The van der Waals surface area contributed by atoms with Crippen molar-refractivity contribution in [2.24, 2.45) is 0 Å². The van der Waals surface area contributed by atoms with Crippen LogP contribution in [0.25, 0.3) is 0 Å². The van der Waals surface area contributed by atoms with Gasteiger partial charge in [-0.15, -0.1) is 0 Å². The molecule has 0 rings (SSSR count). The van der Waals surface area contributed by atoms with Crippen molar-refractivity contribution in [1.82, 2.24) is 5.32 Å². The summed E-state index contributed by atoms with van der Waals surface area (Å²) in [5.41, 5.74) is 0.334. The summed E-state index contributed by atoms with van der Waals surface area (Å²) in [4.78, 5) is 0. The summed E-state index contributed by atoms with van der Waals surface area (Å²) in [5, 5.41) is 3.63. The molecule has 114 valence electrons. The van der Waals surface area contributed by atoms with Crippen LogP contribution in [0.4, 0.5) is 0 Å². The summed E-state index contributed by atoms with van der Waals surface area (Å²) in [6.07, 6.45) is 18.0. The summed E-state index contributed by atoms with van der Waals surface area (Å²) < 4.78 is 0. The maximum atomic E-state index is 3.63. The van der Waals surface area contributed by atoms with Gasteiger partial charge in [-0.1, -0.05) is 58.1 Å². The van der Waals surface area contributed by atoms with Crippen LogP contribution in [0, 0.1) is 0 Å². The van der Waals surface area contributed by atoms with Gasteiger partial charge in [-0.25, -0.2) is 0 Å². The van der Waals surface area contributed by atoms with Gasteiger partial charge in [0.2, 0.25) is 0 Å². The molecule has 0 amide bonds. The second kappa shape index (κ2) is 12.7. The molecular formula is C18H37N. The molecule has 0 unspecified atom stereocenters. The van der Waals surface area contributed by atoms with Crippen molar-refractivity contribution in [3.05, 3.63) is 12.2 Å². The monoisotopic (exact) mass is 267 g/mol. The van der Waals surface area contributed by atoms with Gasteiger partial charge in [-0.2, -0.15) is 0 Å². The highest BCUT2D eigenvalue weighted by molar-refractivity contribution is 4.79. The summed E-state index contributed by atoms with van der Waals surface area (Å²) in [7, 11) is 0. The summed E-state index contributed by atoms with van der Waals surface area (Å²) >= 11 is 0. The minimum Gasteiger partial charge on any atom is -0.312 e. The van der Waals surface area contributed by atoms with E-state index in [9.17, 15) is 0 Å². The van der Waals surface area contributed by atoms with E-state index in [2.05, 4.69) is 45.2 Å². The van der Waals surface area contributed by atoms with Gasteiger partial charge >= 0.3 is 0 Å². The zero-order valence-corrected chi connectivity index (χ0v) is 13.9. The molecule has 0 aromatic carbocycles. The molecule has 0 aliphatic carbocycles. The van der Waals surface area contributed by atoms with Crippen molar-refractivity contribution in [1.29, 1.82) is 0 Å². The van der Waals surface area contributed by atoms with Gasteiger partial charge in [0, 0.05) is 5.54 Å². The van der Waals surface area contributed by atoms with E-state index in [4.69, 9.17) is 0 Å². The minimum absolute atomic E-state index is 0.334. The molecule has 0 heterocycles. The van der Waals surface area contributed by atoms with Crippen LogP contribution in [0.15, 0.2) is 12.2 Å². The number of nitrogens with one attached hydrogen (secondary N) is 1. The fourth-order valence-electron chi connectivity index (χ4n) is 2.37. The predicted octanol–water partition coefficient (Wildman–Crippen LogP) is 5.85. The normalized spacial score (nSPS) is 12.4. The van der Waals surface area contributed by atoms with Gasteiger partial charge in [0.25, 0.3) is 0 Å². The lowest BCUT2D eigenvalue weighted by molar-refractivity contribution is 0.347. The van der Waals surface area contributed by atoms with Crippen molar-refractivity contribution in [2.45, 2.75) is 97.4 Å². The van der Waals surface area contributed by atoms with Gasteiger partial charge in [0.05, 0.1) is 0 Å². The quantitative estimate of drug-likeness (QED) is 0.326. The molecular weight excluding hydrogens is 230 g/mol. The largest absolute Gasteiger partial charge is 0.312 e. The molecule has 0 aromatic rings. The molecule has 0 bridgehead atoms. The third-order valence-electron chi connectivity index (χ3n) is 3.68. The highest BCUT2D eigenvalue weighted by Gasteiger charge is 2.14. The van der Waals surface area contributed by atoms with Crippen molar-refractivity contribution in [3.63, 3.8) is 0 Å². The highest BCUT2D eigenvalue weighted by atomic mass is 14.9. The lowest BCUT2D eigenvalue weighted by Crippen LogP contribution is -2.39. The molecule has 0 radical (unpaired) electrons. The van der Waals surface area contributed by atoms with E-state index >= 15 is 0 Å². The van der Waals surface area contributed by atoms with E-state index in [-0.39, 0.29) is 0 Å². The van der Waals surface area contributed by atoms with Gasteiger partial charge in [0.15, 0.2) is 0 Å². The molecule has 1 N–H and O–H groups in total. The van der Waals surface area contributed by atoms with E-state index in [0.717, 1.165) is 6.54 Å². The average Bonchev–Trinajstić information content (AvgIpc) is 2.38. The zero-order chi connectivity index (χ0) is 14.4. The lowest BCUT2D eigenvalue weighted by atomic mass is 9.96. The van der Waals surface area contributed by atoms with E-state index in [1.54, 1.807) is 0 Å². The molecule has 0 atom stereocenters. The van der Waals surface area contributed by atoms with Crippen molar-refractivity contribution in [2.75, 3.05) is 6.54 Å². The van der Waals surface area contributed by atoms with Crippen LogP contribution in [-0.4, -0.2) is 12.1 Å². The topological polar surface area (TPSA) is 12.0 Å². The number of unbranched alkanes of at least 4 members (excludes halogenated alkanes) is 6. The summed E-state index contributed by atoms with van der Waals surface area (Å²) in [6, 6.07) is 0. The maximum Gasteiger partial charge on any atom is 0.0125 e. The van der Waals surface area contributed by atoms with Crippen LogP contribution < -0.4 is 5.32 Å². The Morgan fingerprint density at radius 1 is 0.842 bits per heavy atom. The highest BCUT2D eigenvalue weighted by Crippen LogP contribution is 2.15.